The number of aliphatic hydroxyl groups is 1. The molecule has 0 aliphatic carbocycles. The third-order valence-corrected chi connectivity index (χ3v) is 3.87. The van der Waals surface area contributed by atoms with Crippen molar-refractivity contribution in [1.29, 1.82) is 0 Å². The summed E-state index contributed by atoms with van der Waals surface area (Å²) in [7, 11) is 0. The fourth-order valence-corrected chi connectivity index (χ4v) is 2.31. The molecule has 1 aromatic carbocycles. The number of ether oxygens (including phenoxy) is 1. The molecule has 0 spiro atoms. The van der Waals surface area contributed by atoms with Crippen molar-refractivity contribution >= 4 is 22.6 Å². The Morgan fingerprint density at radius 1 is 1.32 bits per heavy atom. The normalized spacial score (nSPS) is 10.5. The summed E-state index contributed by atoms with van der Waals surface area (Å²) >= 11 is 1.92. The zero-order valence-electron chi connectivity index (χ0n) is 10.4. The van der Waals surface area contributed by atoms with E-state index in [1.165, 1.54) is 0 Å². The molecule has 0 bridgehead atoms. The summed E-state index contributed by atoms with van der Waals surface area (Å²) in [5.41, 5.74) is 1.97. The summed E-state index contributed by atoms with van der Waals surface area (Å²) in [6.07, 6.45) is 0. The fraction of sp³-hybridized carbons (Fsp3) is 0.214. The number of benzene rings is 1. The Labute approximate surface area is 124 Å². The Hall–Kier alpha value is -1.34. The molecule has 1 heterocycles. The Bertz CT molecular complexity index is 623. The summed E-state index contributed by atoms with van der Waals surface area (Å²) in [6, 6.07) is 9.66. The highest BCUT2D eigenvalue weighted by molar-refractivity contribution is 14.1. The van der Waals surface area contributed by atoms with Gasteiger partial charge in [-0.2, -0.15) is 0 Å². The van der Waals surface area contributed by atoms with E-state index in [0.29, 0.717) is 27.3 Å². The Morgan fingerprint density at radius 2 is 2.00 bits per heavy atom. The van der Waals surface area contributed by atoms with Crippen LogP contribution < -0.4 is 10.2 Å². The average Bonchev–Trinajstić information content (AvgIpc) is 2.44. The van der Waals surface area contributed by atoms with Crippen molar-refractivity contribution in [2.45, 2.75) is 20.1 Å². The molecule has 19 heavy (non-hydrogen) atoms. The molecule has 2 rings (SSSR count). The van der Waals surface area contributed by atoms with Gasteiger partial charge in [0.2, 0.25) is 5.43 Å². The van der Waals surface area contributed by atoms with Gasteiger partial charge in [0.15, 0.2) is 5.75 Å². The van der Waals surface area contributed by atoms with E-state index < -0.39 is 0 Å². The third kappa shape index (κ3) is 3.16. The van der Waals surface area contributed by atoms with Crippen molar-refractivity contribution in [3.63, 3.8) is 0 Å². The topological polar surface area (TPSA) is 62.3 Å². The molecule has 0 amide bonds. The quantitative estimate of drug-likeness (QED) is 0.812. The molecule has 0 fully saturated rings. The first-order valence-electron chi connectivity index (χ1n) is 5.82. The number of rotatable bonds is 4. The Morgan fingerprint density at radius 3 is 2.63 bits per heavy atom. The summed E-state index contributed by atoms with van der Waals surface area (Å²) in [6.45, 7) is 1.92. The Balaban J connectivity index is 2.26. The van der Waals surface area contributed by atoms with Crippen LogP contribution in [0.4, 0.5) is 0 Å². The van der Waals surface area contributed by atoms with Crippen LogP contribution in [0, 0.1) is 10.5 Å². The van der Waals surface area contributed by atoms with Gasteiger partial charge in [-0.25, -0.2) is 0 Å². The van der Waals surface area contributed by atoms with Crippen LogP contribution in [0.25, 0.3) is 0 Å². The van der Waals surface area contributed by atoms with Crippen LogP contribution in [0.3, 0.4) is 0 Å². The van der Waals surface area contributed by atoms with Crippen molar-refractivity contribution in [2.75, 3.05) is 0 Å². The molecule has 1 aromatic heterocycles. The minimum atomic E-state index is -0.187. The van der Waals surface area contributed by atoms with Crippen molar-refractivity contribution in [3.8, 4) is 5.75 Å². The third-order valence-electron chi connectivity index (χ3n) is 2.73. The lowest BCUT2D eigenvalue weighted by molar-refractivity contribution is 0.272. The van der Waals surface area contributed by atoms with Crippen LogP contribution >= 0.6 is 22.6 Å². The van der Waals surface area contributed by atoms with Crippen LogP contribution in [-0.4, -0.2) is 10.1 Å². The van der Waals surface area contributed by atoms with Crippen LogP contribution in [0.15, 0.2) is 35.1 Å². The maximum Gasteiger partial charge on any atom is 0.237 e. The second-order valence-electron chi connectivity index (χ2n) is 4.13. The van der Waals surface area contributed by atoms with E-state index in [-0.39, 0.29) is 12.0 Å². The highest BCUT2D eigenvalue weighted by Crippen LogP contribution is 2.16. The zero-order valence-corrected chi connectivity index (χ0v) is 12.6. The molecule has 0 radical (unpaired) electrons. The molecule has 5 heteroatoms. The van der Waals surface area contributed by atoms with Gasteiger partial charge in [-0.1, -0.05) is 30.3 Å². The number of hydrogen-bond donors (Lipinski definition) is 2. The maximum absolute atomic E-state index is 12.1. The van der Waals surface area contributed by atoms with Gasteiger partial charge in [-0.15, -0.1) is 0 Å². The minimum absolute atomic E-state index is 0.183. The number of aromatic amines is 1. The summed E-state index contributed by atoms with van der Waals surface area (Å²) < 4.78 is 6.07. The van der Waals surface area contributed by atoms with Crippen LogP contribution in [0.2, 0.25) is 0 Å². The fourth-order valence-electron chi connectivity index (χ4n) is 1.76. The monoisotopic (exact) mass is 371 g/mol. The maximum atomic E-state index is 12.1. The molecule has 2 N–H and O–H groups in total. The molecular formula is C14H14INO3. The van der Waals surface area contributed by atoms with E-state index in [2.05, 4.69) is 4.98 Å². The van der Waals surface area contributed by atoms with Gasteiger partial charge in [0.1, 0.15) is 6.61 Å². The lowest BCUT2D eigenvalue weighted by Gasteiger charge is -2.11. The number of halogens is 1. The number of H-pyrrole nitrogens is 1. The molecule has 100 valence electrons. The van der Waals surface area contributed by atoms with Gasteiger partial charge in [0, 0.05) is 0 Å². The molecule has 0 aliphatic rings. The highest BCUT2D eigenvalue weighted by atomic mass is 127. The van der Waals surface area contributed by atoms with Crippen molar-refractivity contribution < 1.29 is 9.84 Å². The number of hydrogen-bond acceptors (Lipinski definition) is 3. The molecule has 4 nitrogen and oxygen atoms in total. The molecule has 0 saturated heterocycles. The number of aliphatic hydroxyl groups excluding tert-OH is 1. The largest absolute Gasteiger partial charge is 0.483 e. The predicted octanol–water partition coefficient (Wildman–Crippen LogP) is 2.36. The second kappa shape index (κ2) is 6.21. The molecule has 0 saturated carbocycles. The summed E-state index contributed by atoms with van der Waals surface area (Å²) in [4.78, 5) is 15.1. The first kappa shape index (κ1) is 14.1. The van der Waals surface area contributed by atoms with E-state index in [1.54, 1.807) is 6.92 Å². The smallest absolute Gasteiger partial charge is 0.237 e. The highest BCUT2D eigenvalue weighted by Gasteiger charge is 2.13. The first-order chi connectivity index (χ1) is 9.13. The van der Waals surface area contributed by atoms with Crippen LogP contribution in [0.1, 0.15) is 17.0 Å². The van der Waals surface area contributed by atoms with Crippen LogP contribution in [0.5, 0.6) is 5.75 Å². The minimum Gasteiger partial charge on any atom is -0.483 e. The standard InChI is InChI=1S/C14H14INO3/c1-9-14(13(18)12(15)11(7-17)16-9)19-8-10-5-3-2-4-6-10/h2-6,17H,7-8H2,1H3,(H,16,18). The lowest BCUT2D eigenvalue weighted by atomic mass is 10.2. The molecule has 2 aromatic rings. The number of aromatic nitrogens is 1. The van der Waals surface area contributed by atoms with E-state index >= 15 is 0 Å². The van der Waals surface area contributed by atoms with Crippen molar-refractivity contribution in [2.24, 2.45) is 0 Å². The van der Waals surface area contributed by atoms with E-state index in [9.17, 15) is 4.79 Å². The average molecular weight is 371 g/mol. The van der Waals surface area contributed by atoms with Gasteiger partial charge < -0.3 is 14.8 Å². The molecule has 0 aliphatic heterocycles. The first-order valence-corrected chi connectivity index (χ1v) is 6.90. The molecule has 0 unspecified atom stereocenters. The second-order valence-corrected chi connectivity index (χ2v) is 5.21. The van der Waals surface area contributed by atoms with E-state index in [4.69, 9.17) is 9.84 Å². The van der Waals surface area contributed by atoms with Gasteiger partial charge in [-0.05, 0) is 35.1 Å². The number of aryl methyl sites for hydroxylation is 1. The van der Waals surface area contributed by atoms with E-state index in [0.717, 1.165) is 5.56 Å². The van der Waals surface area contributed by atoms with E-state index in [1.807, 2.05) is 52.9 Å². The number of pyridine rings is 1. The number of nitrogens with one attached hydrogen (secondary N) is 1. The summed E-state index contributed by atoms with van der Waals surface area (Å²) in [5.74, 6) is 0.311. The SMILES string of the molecule is Cc1[nH]c(CO)c(I)c(=O)c1OCc1ccccc1. The van der Waals surface area contributed by atoms with Crippen LogP contribution in [-0.2, 0) is 13.2 Å². The zero-order chi connectivity index (χ0) is 13.8. The lowest BCUT2D eigenvalue weighted by Crippen LogP contribution is -2.17. The van der Waals surface area contributed by atoms with Crippen molar-refractivity contribution in [1.82, 2.24) is 4.98 Å². The van der Waals surface area contributed by atoms with Crippen molar-refractivity contribution in [3.05, 3.63) is 61.1 Å². The Kier molecular flexibility index (Phi) is 4.60. The van der Waals surface area contributed by atoms with Gasteiger partial charge in [0.25, 0.3) is 0 Å². The predicted molar refractivity (Wildman–Crippen MR) is 81.2 cm³/mol. The molecule has 0 atom stereocenters. The molecular weight excluding hydrogens is 357 g/mol. The van der Waals surface area contributed by atoms with Gasteiger partial charge >= 0.3 is 0 Å². The van der Waals surface area contributed by atoms with Gasteiger partial charge in [0.05, 0.1) is 21.6 Å². The summed E-state index contributed by atoms with van der Waals surface area (Å²) in [5, 5.41) is 9.15. The van der Waals surface area contributed by atoms with Gasteiger partial charge in [-0.3, -0.25) is 4.79 Å².